The fourth-order valence-corrected chi connectivity index (χ4v) is 6.38. The van der Waals surface area contributed by atoms with E-state index < -0.39 is 42.3 Å². The van der Waals surface area contributed by atoms with Crippen LogP contribution < -0.4 is 31.5 Å². The first kappa shape index (κ1) is 34.4. The second kappa shape index (κ2) is 14.5. The number of hydrogen-bond donors (Lipinski definition) is 6. The maximum Gasteiger partial charge on any atom is 0.490 e. The Hall–Kier alpha value is -3.93. The average molecular weight is 669 g/mol. The van der Waals surface area contributed by atoms with Gasteiger partial charge in [0, 0.05) is 44.2 Å². The van der Waals surface area contributed by atoms with Crippen molar-refractivity contribution in [3.63, 3.8) is 0 Å². The number of carbonyl (C=O) groups is 3. The van der Waals surface area contributed by atoms with E-state index in [1.807, 2.05) is 18.7 Å². The average Bonchev–Trinajstić information content (AvgIpc) is 3.84. The van der Waals surface area contributed by atoms with Crippen molar-refractivity contribution in [1.82, 2.24) is 40.8 Å². The number of ether oxygens (including phenoxy) is 1. The lowest BCUT2D eigenvalue weighted by molar-refractivity contribution is -0.209. The number of nitrogens with zero attached hydrogens (tertiary/aromatic N) is 5. The van der Waals surface area contributed by atoms with Crippen LogP contribution >= 0.6 is 0 Å². The molecular weight excluding hydrogens is 625 g/mol. The molecule has 15 nitrogen and oxygen atoms in total. The number of fused-ring (bicyclic) bond motifs is 1. The zero-order chi connectivity index (χ0) is 33.9. The van der Waals surface area contributed by atoms with Crippen LogP contribution in [0.4, 0.5) is 29.7 Å². The van der Waals surface area contributed by atoms with Crippen LogP contribution in [-0.2, 0) is 14.3 Å². The van der Waals surface area contributed by atoms with Gasteiger partial charge in [0.05, 0.1) is 18.4 Å². The van der Waals surface area contributed by atoms with Crippen molar-refractivity contribution in [1.29, 1.82) is 0 Å². The summed E-state index contributed by atoms with van der Waals surface area (Å²) in [6, 6.07) is -2.36. The molecule has 3 amide bonds. The number of aromatic nitrogens is 4. The van der Waals surface area contributed by atoms with E-state index in [4.69, 9.17) is 14.7 Å². The number of anilines is 2. The van der Waals surface area contributed by atoms with Crippen molar-refractivity contribution in [2.24, 2.45) is 0 Å². The Morgan fingerprint density at radius 1 is 1.11 bits per heavy atom. The topological polar surface area (TPSA) is 188 Å². The zero-order valence-corrected chi connectivity index (χ0v) is 26.6. The first-order chi connectivity index (χ1) is 22.4. The molecule has 0 aromatic carbocycles. The number of aliphatic hydroxyl groups is 1. The second-order valence-corrected chi connectivity index (χ2v) is 12.3. The normalized spacial score (nSPS) is 26.2. The van der Waals surface area contributed by atoms with Crippen LogP contribution in [0, 0.1) is 0 Å². The van der Waals surface area contributed by atoms with Gasteiger partial charge in [0.15, 0.2) is 23.1 Å². The third-order valence-corrected chi connectivity index (χ3v) is 9.06. The summed E-state index contributed by atoms with van der Waals surface area (Å²) < 4.78 is 46.2. The largest absolute Gasteiger partial charge is 0.490 e. The highest BCUT2D eigenvalue weighted by molar-refractivity contribution is 5.85. The standard InChI is InChI=1S/C29H43F3N10O5/c1-4-15(5-2)35-24-21-25(40-27(39-24)41-10-8-17(13-41)37-28(46)36-16-7-9-33-12-16)42(14-34-21)19-11-18(38-20(43)6-3)22(44)23(19)47-26(45)29(30,31)32/h14-19,22-23,33,44H,4-13H2,1-3H3,(H,38,43)(H,35,39,40)(H2,36,37,46)/t16-,17-,18+,19-,22-,23+/m1/s1. The van der Waals surface area contributed by atoms with Gasteiger partial charge in [0.2, 0.25) is 11.9 Å². The third kappa shape index (κ3) is 7.80. The van der Waals surface area contributed by atoms with Gasteiger partial charge < -0.3 is 45.9 Å². The molecule has 1 saturated carbocycles. The molecule has 3 fully saturated rings. The monoisotopic (exact) mass is 668 g/mol. The zero-order valence-electron chi connectivity index (χ0n) is 26.6. The van der Waals surface area contributed by atoms with Crippen molar-refractivity contribution in [3.05, 3.63) is 6.33 Å². The highest BCUT2D eigenvalue weighted by Crippen LogP contribution is 2.38. The molecular formula is C29H43F3N10O5. The van der Waals surface area contributed by atoms with Gasteiger partial charge in [0.1, 0.15) is 6.10 Å². The van der Waals surface area contributed by atoms with E-state index in [1.165, 1.54) is 10.9 Å². The number of urea groups is 1. The van der Waals surface area contributed by atoms with Gasteiger partial charge in [-0.1, -0.05) is 20.8 Å². The maximum absolute atomic E-state index is 13.3. The molecule has 0 bridgehead atoms. The van der Waals surface area contributed by atoms with Crippen molar-refractivity contribution < 1.29 is 37.4 Å². The van der Waals surface area contributed by atoms with Gasteiger partial charge in [-0.25, -0.2) is 14.6 Å². The summed E-state index contributed by atoms with van der Waals surface area (Å²) in [5.41, 5.74) is 0.592. The van der Waals surface area contributed by atoms with Gasteiger partial charge in [-0.2, -0.15) is 23.1 Å². The van der Waals surface area contributed by atoms with Crippen LogP contribution in [0.25, 0.3) is 11.2 Å². The van der Waals surface area contributed by atoms with E-state index in [9.17, 15) is 32.7 Å². The summed E-state index contributed by atoms with van der Waals surface area (Å²) in [5, 5.41) is 26.2. The highest BCUT2D eigenvalue weighted by atomic mass is 19.4. The molecule has 5 rings (SSSR count). The summed E-state index contributed by atoms with van der Waals surface area (Å²) in [6.45, 7) is 8.16. The summed E-state index contributed by atoms with van der Waals surface area (Å²) in [5.74, 6) is -2.14. The molecule has 2 aliphatic heterocycles. The first-order valence-electron chi connectivity index (χ1n) is 16.2. The van der Waals surface area contributed by atoms with Crippen LogP contribution in [0.3, 0.4) is 0 Å². The second-order valence-electron chi connectivity index (χ2n) is 12.3. The van der Waals surface area contributed by atoms with E-state index in [-0.39, 0.29) is 42.6 Å². The number of nitrogens with one attached hydrogen (secondary N) is 5. The van der Waals surface area contributed by atoms with E-state index >= 15 is 0 Å². The smallest absolute Gasteiger partial charge is 0.451 e. The lowest BCUT2D eigenvalue weighted by atomic mass is 10.2. The molecule has 6 N–H and O–H groups in total. The van der Waals surface area contributed by atoms with Crippen LogP contribution in [0.15, 0.2) is 6.33 Å². The van der Waals surface area contributed by atoms with Crippen molar-refractivity contribution in [2.45, 2.75) is 108 Å². The summed E-state index contributed by atoms with van der Waals surface area (Å²) in [7, 11) is 0. The molecule has 4 heterocycles. The van der Waals surface area contributed by atoms with Gasteiger partial charge in [-0.15, -0.1) is 0 Å². The lowest BCUT2D eigenvalue weighted by Gasteiger charge is -2.25. The number of esters is 1. The molecule has 260 valence electrons. The molecule has 0 radical (unpaired) electrons. The minimum Gasteiger partial charge on any atom is -0.451 e. The SMILES string of the molecule is CCC(=O)N[C@H]1C[C@@H](n2cnc3c(NC(CC)CC)nc(N4CC[C@@H](NC(=O)N[C@@H]5CCNC5)C4)nc32)[C@H](OC(=O)C(F)(F)F)[C@@H]1O. The third-order valence-electron chi connectivity index (χ3n) is 9.06. The minimum atomic E-state index is -5.29. The van der Waals surface area contributed by atoms with Crippen LogP contribution in [0.1, 0.15) is 65.3 Å². The molecule has 0 spiro atoms. The van der Waals surface area contributed by atoms with Gasteiger partial charge >= 0.3 is 18.2 Å². The molecule has 18 heteroatoms. The number of aliphatic hydroxyl groups excluding tert-OH is 1. The molecule has 0 unspecified atom stereocenters. The summed E-state index contributed by atoms with van der Waals surface area (Å²) >= 11 is 0. The number of carbonyl (C=O) groups excluding carboxylic acids is 3. The van der Waals surface area contributed by atoms with Crippen molar-refractivity contribution >= 4 is 40.8 Å². The summed E-state index contributed by atoms with van der Waals surface area (Å²) in [4.78, 5) is 52.7. The molecule has 2 aromatic rings. The Labute approximate surface area is 269 Å². The summed E-state index contributed by atoms with van der Waals surface area (Å²) in [6.07, 6.45) is -4.12. The first-order valence-corrected chi connectivity index (χ1v) is 16.2. The van der Waals surface area contributed by atoms with Gasteiger partial charge in [0.25, 0.3) is 0 Å². The molecule has 47 heavy (non-hydrogen) atoms. The Morgan fingerprint density at radius 3 is 2.51 bits per heavy atom. The van der Waals surface area contributed by atoms with Crippen LogP contribution in [0.2, 0.25) is 0 Å². The number of imidazole rings is 1. The molecule has 3 aliphatic rings. The number of halogens is 3. The van der Waals surface area contributed by atoms with Crippen LogP contribution in [0.5, 0.6) is 0 Å². The molecule has 2 saturated heterocycles. The minimum absolute atomic E-state index is 0.0373. The van der Waals surface area contributed by atoms with E-state index in [0.717, 1.165) is 32.4 Å². The predicted octanol–water partition coefficient (Wildman–Crippen LogP) is 1.34. The highest BCUT2D eigenvalue weighted by Gasteiger charge is 2.51. The number of rotatable bonds is 11. The molecule has 1 aliphatic carbocycles. The molecule has 6 atom stereocenters. The Morgan fingerprint density at radius 2 is 1.85 bits per heavy atom. The van der Waals surface area contributed by atoms with E-state index in [0.29, 0.717) is 36.8 Å². The van der Waals surface area contributed by atoms with Crippen LogP contribution in [-0.4, -0.2) is 111 Å². The fraction of sp³-hybridized carbons (Fsp3) is 0.724. The Balaban J connectivity index is 1.46. The Kier molecular flexibility index (Phi) is 10.6. The number of amides is 3. The fourth-order valence-electron chi connectivity index (χ4n) is 6.38. The predicted molar refractivity (Wildman–Crippen MR) is 165 cm³/mol. The lowest BCUT2D eigenvalue weighted by Crippen LogP contribution is -2.47. The van der Waals surface area contributed by atoms with Gasteiger partial charge in [-0.3, -0.25) is 4.79 Å². The number of alkyl halides is 3. The molecule has 2 aromatic heterocycles. The van der Waals surface area contributed by atoms with Gasteiger partial charge in [-0.05, 0) is 38.6 Å². The number of hydrogen-bond acceptors (Lipinski definition) is 11. The Bertz CT molecular complexity index is 1430. The van der Waals surface area contributed by atoms with E-state index in [2.05, 4.69) is 31.6 Å². The van der Waals surface area contributed by atoms with Crippen molar-refractivity contribution in [2.75, 3.05) is 36.4 Å². The van der Waals surface area contributed by atoms with E-state index in [1.54, 1.807) is 6.92 Å². The quantitative estimate of drug-likeness (QED) is 0.190. The van der Waals surface area contributed by atoms with Crippen molar-refractivity contribution in [3.8, 4) is 0 Å². The maximum atomic E-state index is 13.3.